The summed E-state index contributed by atoms with van der Waals surface area (Å²) in [5.41, 5.74) is 34.6. The van der Waals surface area contributed by atoms with E-state index >= 15 is 0 Å². The highest BCUT2D eigenvalue weighted by atomic mass is 14.6. The third kappa shape index (κ3) is 23.3. The molecule has 0 amide bonds. The van der Waals surface area contributed by atoms with Crippen LogP contribution in [0.1, 0.15) is 139 Å². The number of nitrogen functional groups attached to an aromatic ring is 1. The molecule has 0 saturated heterocycles. The Morgan fingerprint density at radius 3 is 1.77 bits per heavy atom. The van der Waals surface area contributed by atoms with E-state index in [2.05, 4.69) is 255 Å². The molecular weight excluding hydrogens is 953 g/mol. The Morgan fingerprint density at radius 2 is 1.20 bits per heavy atom. The maximum Gasteiger partial charge on any atom is 0.0320 e. The molecule has 5 aromatic rings. The van der Waals surface area contributed by atoms with Crippen molar-refractivity contribution in [1.29, 1.82) is 0 Å². The standard InChI is InChI=1S/C37H46.C19H26.C12H11N.C9H13N/c1-8-14-16-17-25-32(24-15-9-2)26-20-27-33(11-4)34(12-5)28-21-29-35(13-6)37(22-10-3)36-30-19-18-23-31(36)7;1-7-14(4)16(6)15(5)12-17-10-11-18(8-2)19(9-3)13-17;1-9(13)11-8-4-6-10-5-2-3-7-12(10)11;1-6-4-9(10)5-7(2)8(6)3/h8,10,13-30H,3,9,11-12H2,1-2,4-7H3;7,10-13H,1,8-9H2,2-6H3;2-8H,1,13H2;4-5H,10H2,1-3H3/b14-8-,17-16+,24-15-,26-20+,29-21+,32-25+,33-27-,34-28-,35-13+,37-22-;15-12-,16-14-;;. The van der Waals surface area contributed by atoms with Gasteiger partial charge in [-0.25, -0.2) is 0 Å². The fourth-order valence-corrected chi connectivity index (χ4v) is 8.69. The van der Waals surface area contributed by atoms with Crippen molar-refractivity contribution in [2.24, 2.45) is 5.73 Å². The lowest BCUT2D eigenvalue weighted by molar-refractivity contribution is 1.02. The van der Waals surface area contributed by atoms with Crippen molar-refractivity contribution in [3.63, 3.8) is 0 Å². The van der Waals surface area contributed by atoms with Crippen molar-refractivity contribution in [3.05, 3.63) is 309 Å². The fraction of sp³-hybridized carbons (Fsp3) is 0.247. The third-order valence-corrected chi connectivity index (χ3v) is 13.9. The van der Waals surface area contributed by atoms with Gasteiger partial charge in [0.05, 0.1) is 0 Å². The molecule has 0 heterocycles. The lowest BCUT2D eigenvalue weighted by atomic mass is 9.93. The van der Waals surface area contributed by atoms with Gasteiger partial charge in [0.25, 0.3) is 0 Å². The number of hydrogen-bond acceptors (Lipinski definition) is 2. The number of anilines is 1. The van der Waals surface area contributed by atoms with E-state index in [1.165, 1.54) is 94.5 Å². The van der Waals surface area contributed by atoms with E-state index in [-0.39, 0.29) is 0 Å². The zero-order valence-electron chi connectivity index (χ0n) is 50.9. The fourth-order valence-electron chi connectivity index (χ4n) is 8.69. The quantitative estimate of drug-likeness (QED) is 0.0603. The topological polar surface area (TPSA) is 52.0 Å². The van der Waals surface area contributed by atoms with E-state index in [9.17, 15) is 0 Å². The second-order valence-electron chi connectivity index (χ2n) is 19.5. The van der Waals surface area contributed by atoms with Crippen molar-refractivity contribution in [1.82, 2.24) is 0 Å². The molecule has 0 unspecified atom stereocenters. The van der Waals surface area contributed by atoms with Gasteiger partial charge in [-0.3, -0.25) is 0 Å². The van der Waals surface area contributed by atoms with Crippen LogP contribution in [0.3, 0.4) is 0 Å². The molecule has 0 radical (unpaired) electrons. The molecule has 5 aromatic carbocycles. The number of hydrogen-bond donors (Lipinski definition) is 2. The second-order valence-corrected chi connectivity index (χ2v) is 19.5. The average molecular weight is 1050 g/mol. The van der Waals surface area contributed by atoms with E-state index in [1.54, 1.807) is 0 Å². The highest BCUT2D eigenvalue weighted by Crippen LogP contribution is 2.28. The van der Waals surface area contributed by atoms with Crippen molar-refractivity contribution >= 4 is 33.8 Å². The molecule has 0 aliphatic carbocycles. The molecule has 0 spiro atoms. The van der Waals surface area contributed by atoms with Crippen molar-refractivity contribution in [3.8, 4) is 0 Å². The zero-order chi connectivity index (χ0) is 58.7. The minimum Gasteiger partial charge on any atom is -0.399 e. The normalized spacial score (nSPS) is 13.1. The first kappa shape index (κ1) is 67.2. The van der Waals surface area contributed by atoms with Crippen molar-refractivity contribution < 1.29 is 0 Å². The molecule has 0 bridgehead atoms. The van der Waals surface area contributed by atoms with Crippen LogP contribution in [0.25, 0.3) is 28.1 Å². The van der Waals surface area contributed by atoms with Crippen LogP contribution in [-0.4, -0.2) is 0 Å². The summed E-state index contributed by atoms with van der Waals surface area (Å²) >= 11 is 0. The Kier molecular flexibility index (Phi) is 32.1. The maximum atomic E-state index is 5.69. The van der Waals surface area contributed by atoms with E-state index in [1.807, 2.05) is 67.6 Å². The number of aryl methyl sites for hydroxylation is 5. The Morgan fingerprint density at radius 1 is 0.595 bits per heavy atom. The maximum absolute atomic E-state index is 5.69. The Bertz CT molecular complexity index is 3140. The Balaban J connectivity index is 0.000000415. The molecule has 4 N–H and O–H groups in total. The first-order chi connectivity index (χ1) is 38.0. The summed E-state index contributed by atoms with van der Waals surface area (Å²) in [4.78, 5) is 0. The molecule has 5 rings (SSSR count). The highest BCUT2D eigenvalue weighted by Gasteiger charge is 2.08. The first-order valence-corrected chi connectivity index (χ1v) is 28.3. The molecule has 0 fully saturated rings. The van der Waals surface area contributed by atoms with Crippen LogP contribution in [0.4, 0.5) is 5.69 Å². The Labute approximate surface area is 481 Å². The highest BCUT2D eigenvalue weighted by molar-refractivity contribution is 5.92. The second kappa shape index (κ2) is 37.8. The van der Waals surface area contributed by atoms with Crippen LogP contribution in [-0.2, 0) is 12.8 Å². The van der Waals surface area contributed by atoms with E-state index in [0.29, 0.717) is 5.70 Å². The Hall–Kier alpha value is -7.94. The van der Waals surface area contributed by atoms with Gasteiger partial charge in [-0.15, -0.1) is 0 Å². The summed E-state index contributed by atoms with van der Waals surface area (Å²) in [6.45, 7) is 41.6. The van der Waals surface area contributed by atoms with Gasteiger partial charge in [0, 0.05) is 16.9 Å². The molecule has 0 aromatic heterocycles. The summed E-state index contributed by atoms with van der Waals surface area (Å²) < 4.78 is 0. The summed E-state index contributed by atoms with van der Waals surface area (Å²) in [6.07, 6.45) is 43.5. The summed E-state index contributed by atoms with van der Waals surface area (Å²) in [5.74, 6) is 0. The first-order valence-electron chi connectivity index (χ1n) is 28.3. The molecule has 0 aliphatic rings. The lowest BCUT2D eigenvalue weighted by Crippen LogP contribution is -1.94. The average Bonchev–Trinajstić information content (AvgIpc) is 3.46. The SMILES string of the molecule is C=C(N)c1cccc2ccccc12.C=C/C(C)=C(C)\C(C)=C/c1ccc(CC)c(CC)c1.C=C/C=C(C(/C=C/C=C(CC)\C(=C/C=C/C(/C=C\CC)=C/C=C/C=C\C)CC)=C/C)\c1ccccc1C.Cc1cc(N)cc(C)c1C. The molecular formula is C77H96N2. The van der Waals surface area contributed by atoms with E-state index in [4.69, 9.17) is 11.5 Å². The van der Waals surface area contributed by atoms with Gasteiger partial charge in [0.15, 0.2) is 0 Å². The van der Waals surface area contributed by atoms with E-state index in [0.717, 1.165) is 48.7 Å². The molecule has 2 nitrogen and oxygen atoms in total. The van der Waals surface area contributed by atoms with Gasteiger partial charge in [-0.2, -0.15) is 0 Å². The predicted octanol–water partition coefficient (Wildman–Crippen LogP) is 22.0. The van der Waals surface area contributed by atoms with Crippen LogP contribution in [0, 0.1) is 27.7 Å². The van der Waals surface area contributed by atoms with Crippen molar-refractivity contribution in [2.45, 2.75) is 129 Å². The van der Waals surface area contributed by atoms with Gasteiger partial charge < -0.3 is 11.5 Å². The van der Waals surface area contributed by atoms with E-state index < -0.39 is 0 Å². The minimum absolute atomic E-state index is 0.622. The van der Waals surface area contributed by atoms with Gasteiger partial charge >= 0.3 is 0 Å². The molecule has 2 heteroatoms. The molecule has 0 aliphatic heterocycles. The molecule has 0 saturated carbocycles. The largest absolute Gasteiger partial charge is 0.399 e. The van der Waals surface area contributed by atoms with Gasteiger partial charge in [-0.05, 0) is 206 Å². The van der Waals surface area contributed by atoms with Crippen LogP contribution in [0.2, 0.25) is 0 Å². The van der Waals surface area contributed by atoms with Crippen LogP contribution in [0.15, 0.2) is 259 Å². The number of benzene rings is 5. The summed E-state index contributed by atoms with van der Waals surface area (Å²) in [6, 6.07) is 33.5. The smallest absolute Gasteiger partial charge is 0.0320 e. The summed E-state index contributed by atoms with van der Waals surface area (Å²) in [7, 11) is 0. The molecule has 414 valence electrons. The number of allylic oxidation sites excluding steroid dienone is 25. The van der Waals surface area contributed by atoms with Gasteiger partial charge in [-0.1, -0.05) is 249 Å². The monoisotopic (exact) mass is 1050 g/mol. The van der Waals surface area contributed by atoms with Gasteiger partial charge in [0.2, 0.25) is 0 Å². The predicted molar refractivity (Wildman–Crippen MR) is 359 cm³/mol. The molecule has 79 heavy (non-hydrogen) atoms. The zero-order valence-corrected chi connectivity index (χ0v) is 50.9. The van der Waals surface area contributed by atoms with Crippen LogP contribution in [0.5, 0.6) is 0 Å². The molecule has 0 atom stereocenters. The van der Waals surface area contributed by atoms with Crippen molar-refractivity contribution in [2.75, 3.05) is 5.73 Å². The minimum atomic E-state index is 0.622. The number of nitrogens with two attached hydrogens (primary N) is 2. The number of fused-ring (bicyclic) bond motifs is 1. The third-order valence-electron chi connectivity index (χ3n) is 13.9. The van der Waals surface area contributed by atoms with Crippen LogP contribution < -0.4 is 11.5 Å². The van der Waals surface area contributed by atoms with Gasteiger partial charge in [0.1, 0.15) is 0 Å². The van der Waals surface area contributed by atoms with Crippen LogP contribution >= 0.6 is 0 Å². The summed E-state index contributed by atoms with van der Waals surface area (Å²) in [5, 5.41) is 2.36. The number of rotatable bonds is 20. The lowest BCUT2D eigenvalue weighted by Gasteiger charge is -2.12.